The molecule has 0 aliphatic rings. The monoisotopic (exact) mass is 360 g/mol. The van der Waals surface area contributed by atoms with Crippen LogP contribution in [-0.2, 0) is 16.2 Å². The van der Waals surface area contributed by atoms with Gasteiger partial charge in [-0.2, -0.15) is 0 Å². The highest BCUT2D eigenvalue weighted by Crippen LogP contribution is 2.13. The molecular formula is C19H21ClN2O3. The number of nitrogens with zero attached hydrogens (tertiary/aromatic N) is 2. The predicted octanol–water partition coefficient (Wildman–Crippen LogP) is 3.75. The Morgan fingerprint density at radius 1 is 1.16 bits per heavy atom. The molecule has 0 fully saturated rings. The summed E-state index contributed by atoms with van der Waals surface area (Å²) in [7, 11) is 1.73. The molecule has 0 saturated carbocycles. The summed E-state index contributed by atoms with van der Waals surface area (Å²) in [5, 5.41) is 4.46. The summed E-state index contributed by atoms with van der Waals surface area (Å²) in [6, 6.07) is 14.8. The van der Waals surface area contributed by atoms with E-state index in [2.05, 4.69) is 5.16 Å². The normalized spacial score (nSPS) is 10.7. The summed E-state index contributed by atoms with van der Waals surface area (Å²) in [5.74, 6) is 0.669. The minimum absolute atomic E-state index is 0.113. The molecule has 5 nitrogen and oxygen atoms in total. The van der Waals surface area contributed by atoms with E-state index in [1.807, 2.05) is 43.3 Å². The summed E-state index contributed by atoms with van der Waals surface area (Å²) in [6.07, 6.45) is 1.54. The quantitative estimate of drug-likeness (QED) is 0.532. The fraction of sp³-hybridized carbons (Fsp3) is 0.263. The highest BCUT2D eigenvalue weighted by atomic mass is 35.5. The number of likely N-dealkylation sites (N-methyl/N-ethyl adjacent to an activating group) is 1. The molecule has 2 rings (SSSR count). The van der Waals surface area contributed by atoms with Gasteiger partial charge in [-0.05, 0) is 42.3 Å². The van der Waals surface area contributed by atoms with E-state index in [0.717, 1.165) is 16.9 Å². The third-order valence-corrected chi connectivity index (χ3v) is 3.67. The van der Waals surface area contributed by atoms with Gasteiger partial charge in [-0.15, -0.1) is 0 Å². The molecule has 0 saturated heterocycles. The van der Waals surface area contributed by atoms with Crippen molar-refractivity contribution in [2.75, 3.05) is 20.3 Å². The first-order valence-corrected chi connectivity index (χ1v) is 8.33. The third kappa shape index (κ3) is 6.47. The second kappa shape index (κ2) is 9.69. The van der Waals surface area contributed by atoms with Crippen molar-refractivity contribution >= 4 is 23.7 Å². The highest BCUT2D eigenvalue weighted by Gasteiger charge is 2.09. The average Bonchev–Trinajstić information content (AvgIpc) is 2.62. The van der Waals surface area contributed by atoms with Gasteiger partial charge in [0.05, 0.1) is 12.8 Å². The van der Waals surface area contributed by atoms with Crippen molar-refractivity contribution in [3.63, 3.8) is 0 Å². The van der Waals surface area contributed by atoms with Gasteiger partial charge in [-0.25, -0.2) is 0 Å². The van der Waals surface area contributed by atoms with Gasteiger partial charge in [-0.3, -0.25) is 4.79 Å². The second-order valence-electron chi connectivity index (χ2n) is 5.39. The zero-order chi connectivity index (χ0) is 18.1. The summed E-state index contributed by atoms with van der Waals surface area (Å²) in [4.78, 5) is 18.7. The summed E-state index contributed by atoms with van der Waals surface area (Å²) in [5.41, 5.74) is 1.86. The lowest BCUT2D eigenvalue weighted by Crippen LogP contribution is -2.29. The Hall–Kier alpha value is -2.53. The van der Waals surface area contributed by atoms with Gasteiger partial charge < -0.3 is 14.5 Å². The summed E-state index contributed by atoms with van der Waals surface area (Å²) in [6.45, 7) is 2.95. The fourth-order valence-electron chi connectivity index (χ4n) is 2.07. The van der Waals surface area contributed by atoms with Crippen LogP contribution in [-0.4, -0.2) is 37.3 Å². The van der Waals surface area contributed by atoms with Crippen molar-refractivity contribution < 1.29 is 14.4 Å². The molecule has 0 atom stereocenters. The highest BCUT2D eigenvalue weighted by molar-refractivity contribution is 6.30. The van der Waals surface area contributed by atoms with E-state index >= 15 is 0 Å². The maximum absolute atomic E-state index is 12.1. The molecule has 0 radical (unpaired) electrons. The topological polar surface area (TPSA) is 51.1 Å². The Kier molecular flexibility index (Phi) is 7.29. The molecule has 2 aromatic carbocycles. The number of ether oxygens (including phenoxy) is 1. The van der Waals surface area contributed by atoms with Gasteiger partial charge in [0.15, 0.2) is 6.61 Å². The van der Waals surface area contributed by atoms with Crippen LogP contribution in [0.1, 0.15) is 18.1 Å². The van der Waals surface area contributed by atoms with Gasteiger partial charge in [-0.1, -0.05) is 41.0 Å². The van der Waals surface area contributed by atoms with E-state index in [9.17, 15) is 4.79 Å². The maximum atomic E-state index is 12.1. The van der Waals surface area contributed by atoms with E-state index in [1.165, 1.54) is 6.21 Å². The van der Waals surface area contributed by atoms with Crippen molar-refractivity contribution in [3.8, 4) is 5.75 Å². The number of amides is 1. The Bertz CT molecular complexity index is 700. The van der Waals surface area contributed by atoms with Crippen LogP contribution < -0.4 is 4.74 Å². The molecule has 25 heavy (non-hydrogen) atoms. The molecule has 0 aliphatic carbocycles. The van der Waals surface area contributed by atoms with Crippen LogP contribution in [0.3, 0.4) is 0 Å². The maximum Gasteiger partial charge on any atom is 0.263 e. The van der Waals surface area contributed by atoms with Crippen molar-refractivity contribution in [3.05, 3.63) is 64.7 Å². The minimum atomic E-state index is -0.151. The number of carbonyl (C=O) groups excluding carboxylic acids is 1. The van der Waals surface area contributed by atoms with Crippen molar-refractivity contribution in [2.24, 2.45) is 5.16 Å². The van der Waals surface area contributed by atoms with Crippen LogP contribution >= 0.6 is 11.6 Å². The van der Waals surface area contributed by atoms with Gasteiger partial charge >= 0.3 is 0 Å². The molecule has 2 aromatic rings. The fourth-order valence-corrected chi connectivity index (χ4v) is 2.20. The molecular weight excluding hydrogens is 340 g/mol. The van der Waals surface area contributed by atoms with E-state index in [1.54, 1.807) is 24.1 Å². The molecule has 0 aromatic heterocycles. The molecule has 0 unspecified atom stereocenters. The number of benzene rings is 2. The zero-order valence-electron chi connectivity index (χ0n) is 14.3. The molecule has 0 bridgehead atoms. The van der Waals surface area contributed by atoms with Gasteiger partial charge in [0.1, 0.15) is 5.75 Å². The number of rotatable bonds is 8. The van der Waals surface area contributed by atoms with Crippen LogP contribution in [0.5, 0.6) is 5.75 Å². The van der Waals surface area contributed by atoms with Crippen LogP contribution in [0, 0.1) is 0 Å². The van der Waals surface area contributed by atoms with Gasteiger partial charge in [0.2, 0.25) is 0 Å². The van der Waals surface area contributed by atoms with E-state index < -0.39 is 0 Å². The van der Waals surface area contributed by atoms with Gasteiger partial charge in [0.25, 0.3) is 5.91 Å². The van der Waals surface area contributed by atoms with Crippen LogP contribution in [0.15, 0.2) is 53.7 Å². The first kappa shape index (κ1) is 18.8. The van der Waals surface area contributed by atoms with Crippen LogP contribution in [0.4, 0.5) is 0 Å². The third-order valence-electron chi connectivity index (χ3n) is 3.41. The summed E-state index contributed by atoms with van der Waals surface area (Å²) < 4.78 is 5.40. The Morgan fingerprint density at radius 2 is 1.84 bits per heavy atom. The molecule has 0 heterocycles. The molecule has 0 spiro atoms. The standard InChI is InChI=1S/C19H21ClN2O3/c1-3-24-18-10-6-16(7-11-18)13-22(2)19(23)14-25-21-12-15-4-8-17(20)9-5-15/h4-12H,3,13-14H2,1-2H3/b21-12+. The van der Waals surface area contributed by atoms with Crippen molar-refractivity contribution in [2.45, 2.75) is 13.5 Å². The van der Waals surface area contributed by atoms with E-state index in [4.69, 9.17) is 21.2 Å². The number of hydrogen-bond acceptors (Lipinski definition) is 4. The lowest BCUT2D eigenvalue weighted by Gasteiger charge is -2.16. The smallest absolute Gasteiger partial charge is 0.263 e. The Balaban J connectivity index is 1.76. The molecule has 132 valence electrons. The predicted molar refractivity (Wildman–Crippen MR) is 99.1 cm³/mol. The SMILES string of the molecule is CCOc1ccc(CN(C)C(=O)CO/N=C/c2ccc(Cl)cc2)cc1. The van der Waals surface area contributed by atoms with Gasteiger partial charge in [0, 0.05) is 18.6 Å². The van der Waals surface area contributed by atoms with Crippen molar-refractivity contribution in [1.82, 2.24) is 4.90 Å². The molecule has 1 amide bonds. The summed E-state index contributed by atoms with van der Waals surface area (Å²) >= 11 is 5.81. The average molecular weight is 361 g/mol. The number of oxime groups is 1. The minimum Gasteiger partial charge on any atom is -0.494 e. The first-order chi connectivity index (χ1) is 12.1. The van der Waals surface area contributed by atoms with Crippen molar-refractivity contribution in [1.29, 1.82) is 0 Å². The Morgan fingerprint density at radius 3 is 2.48 bits per heavy atom. The second-order valence-corrected chi connectivity index (χ2v) is 5.82. The lowest BCUT2D eigenvalue weighted by atomic mass is 10.2. The Labute approximate surface area is 152 Å². The molecule has 0 N–H and O–H groups in total. The number of halogens is 1. The zero-order valence-corrected chi connectivity index (χ0v) is 15.1. The van der Waals surface area contributed by atoms with Crippen LogP contribution in [0.2, 0.25) is 5.02 Å². The van der Waals surface area contributed by atoms with E-state index in [-0.39, 0.29) is 12.5 Å². The number of hydrogen-bond donors (Lipinski definition) is 0. The number of carbonyl (C=O) groups is 1. The largest absolute Gasteiger partial charge is 0.494 e. The molecule has 6 heteroatoms. The lowest BCUT2D eigenvalue weighted by molar-refractivity contribution is -0.135. The van der Waals surface area contributed by atoms with Crippen LogP contribution in [0.25, 0.3) is 0 Å². The van der Waals surface area contributed by atoms with E-state index in [0.29, 0.717) is 18.2 Å². The first-order valence-electron chi connectivity index (χ1n) is 7.95. The molecule has 0 aliphatic heterocycles.